The largest absolute Gasteiger partial charge is 0.489 e. The van der Waals surface area contributed by atoms with Crippen molar-refractivity contribution < 1.29 is 13.9 Å². The van der Waals surface area contributed by atoms with E-state index in [0.29, 0.717) is 17.9 Å². The van der Waals surface area contributed by atoms with Gasteiger partial charge in [-0.2, -0.15) is 5.10 Å². The molecule has 186 valence electrons. The van der Waals surface area contributed by atoms with E-state index in [4.69, 9.17) is 21.4 Å². The molecular weight excluding hydrogens is 467 g/mol. The van der Waals surface area contributed by atoms with Crippen LogP contribution in [0.25, 0.3) is 0 Å². The molecule has 0 spiro atoms. The summed E-state index contributed by atoms with van der Waals surface area (Å²) in [5.41, 5.74) is 2.01. The Balaban J connectivity index is 1.62. The number of aromatic nitrogens is 2. The molecule has 1 amide bonds. The number of anilines is 1. The van der Waals surface area contributed by atoms with Crippen LogP contribution in [0.5, 0.6) is 5.75 Å². The number of rotatable bonds is 6. The van der Waals surface area contributed by atoms with Gasteiger partial charge in [0.25, 0.3) is 0 Å². The molecule has 1 aliphatic rings. The van der Waals surface area contributed by atoms with Crippen molar-refractivity contribution >= 4 is 23.2 Å². The normalized spacial score (nSPS) is 20.3. The number of carbonyl (C=O) groups is 1. The van der Waals surface area contributed by atoms with Gasteiger partial charge in [0.2, 0.25) is 5.91 Å². The molecule has 2 aromatic carbocycles. The van der Waals surface area contributed by atoms with Crippen LogP contribution in [0.3, 0.4) is 0 Å². The van der Waals surface area contributed by atoms with Crippen molar-refractivity contribution in [2.45, 2.75) is 70.7 Å². The summed E-state index contributed by atoms with van der Waals surface area (Å²) in [4.78, 5) is 13.3. The van der Waals surface area contributed by atoms with Gasteiger partial charge >= 0.3 is 0 Å². The summed E-state index contributed by atoms with van der Waals surface area (Å²) in [5.74, 6) is -0.178. The van der Waals surface area contributed by atoms with Crippen molar-refractivity contribution in [3.05, 3.63) is 76.8 Å². The molecule has 0 bridgehead atoms. The Morgan fingerprint density at radius 1 is 1.23 bits per heavy atom. The van der Waals surface area contributed by atoms with E-state index < -0.39 is 11.9 Å². The molecule has 1 fully saturated rings. The molecule has 6 nitrogen and oxygen atoms in total. The van der Waals surface area contributed by atoms with Crippen LogP contribution < -0.4 is 15.4 Å². The van der Waals surface area contributed by atoms with E-state index in [2.05, 4.69) is 31.4 Å². The molecule has 0 saturated carbocycles. The third-order valence-electron chi connectivity index (χ3n) is 6.08. The van der Waals surface area contributed by atoms with Crippen LogP contribution in [-0.2, 0) is 10.3 Å². The third kappa shape index (κ3) is 5.68. The number of carbonyl (C=O) groups excluding carboxylic acids is 1. The van der Waals surface area contributed by atoms with E-state index in [1.807, 2.05) is 55.1 Å². The number of ether oxygens (including phenoxy) is 1. The number of para-hydroxylation sites is 2. The van der Waals surface area contributed by atoms with Gasteiger partial charge in [0.15, 0.2) is 0 Å². The molecule has 1 aromatic heterocycles. The Hall–Kier alpha value is -2.90. The zero-order valence-electron chi connectivity index (χ0n) is 20.7. The maximum Gasteiger partial charge on any atom is 0.241 e. The summed E-state index contributed by atoms with van der Waals surface area (Å²) in [5, 5.41) is 11.3. The van der Waals surface area contributed by atoms with E-state index in [1.54, 1.807) is 12.1 Å². The summed E-state index contributed by atoms with van der Waals surface area (Å²) < 4.78 is 22.1. The van der Waals surface area contributed by atoms with Gasteiger partial charge in [-0.3, -0.25) is 14.8 Å². The maximum atomic E-state index is 14.3. The first-order chi connectivity index (χ1) is 16.5. The molecule has 2 heterocycles. The number of hydrogen-bond acceptors (Lipinski definition) is 4. The lowest BCUT2D eigenvalue weighted by Crippen LogP contribution is -2.36. The van der Waals surface area contributed by atoms with Crippen LogP contribution in [0.15, 0.2) is 54.7 Å². The van der Waals surface area contributed by atoms with Crippen LogP contribution in [0.2, 0.25) is 5.02 Å². The Labute approximate surface area is 210 Å². The molecule has 8 heteroatoms. The first-order valence-corrected chi connectivity index (χ1v) is 12.2. The van der Waals surface area contributed by atoms with E-state index in [-0.39, 0.29) is 34.5 Å². The zero-order chi connectivity index (χ0) is 25.3. The van der Waals surface area contributed by atoms with Crippen molar-refractivity contribution in [3.63, 3.8) is 0 Å². The molecule has 1 aliphatic heterocycles. The molecule has 1 unspecified atom stereocenters. The molecule has 35 heavy (non-hydrogen) atoms. The highest BCUT2D eigenvalue weighted by Gasteiger charge is 2.40. The smallest absolute Gasteiger partial charge is 0.241 e. The van der Waals surface area contributed by atoms with Gasteiger partial charge in [-0.1, -0.05) is 29.8 Å². The number of hydrogen-bond donors (Lipinski definition) is 2. The van der Waals surface area contributed by atoms with Crippen molar-refractivity contribution in [2.24, 2.45) is 0 Å². The Morgan fingerprint density at radius 2 is 1.97 bits per heavy atom. The van der Waals surface area contributed by atoms with Crippen molar-refractivity contribution in [3.8, 4) is 5.75 Å². The minimum Gasteiger partial charge on any atom is -0.489 e. The highest BCUT2D eigenvalue weighted by atomic mass is 35.5. The lowest BCUT2D eigenvalue weighted by Gasteiger charge is -2.21. The van der Waals surface area contributed by atoms with Crippen LogP contribution in [0, 0.1) is 5.82 Å². The molecule has 1 saturated heterocycles. The number of halogens is 2. The molecular formula is C27H32ClFN4O2. The molecule has 0 aliphatic carbocycles. The van der Waals surface area contributed by atoms with Gasteiger partial charge in [0, 0.05) is 18.2 Å². The van der Waals surface area contributed by atoms with E-state index in [9.17, 15) is 9.18 Å². The average molecular weight is 499 g/mol. The molecule has 4 rings (SSSR count). The summed E-state index contributed by atoms with van der Waals surface area (Å²) in [6, 6.07) is 13.3. The van der Waals surface area contributed by atoms with Gasteiger partial charge < -0.3 is 10.1 Å². The number of benzene rings is 2. The van der Waals surface area contributed by atoms with E-state index in [1.165, 1.54) is 6.07 Å². The molecule has 0 radical (unpaired) electrons. The van der Waals surface area contributed by atoms with Gasteiger partial charge in [-0.15, -0.1) is 0 Å². The van der Waals surface area contributed by atoms with Crippen LogP contribution in [-0.4, -0.2) is 27.8 Å². The topological polar surface area (TPSA) is 68.2 Å². The minimum atomic E-state index is -0.504. The summed E-state index contributed by atoms with van der Waals surface area (Å²) in [6.07, 6.45) is 2.43. The van der Waals surface area contributed by atoms with Crippen molar-refractivity contribution in [1.29, 1.82) is 0 Å². The Morgan fingerprint density at radius 3 is 2.63 bits per heavy atom. The van der Waals surface area contributed by atoms with E-state index >= 15 is 0 Å². The van der Waals surface area contributed by atoms with E-state index in [0.717, 1.165) is 11.3 Å². The summed E-state index contributed by atoms with van der Waals surface area (Å²) in [7, 11) is 0. The van der Waals surface area contributed by atoms with Crippen LogP contribution >= 0.6 is 11.6 Å². The fourth-order valence-electron chi connectivity index (χ4n) is 4.36. The number of amides is 1. The molecule has 3 aromatic rings. The van der Waals surface area contributed by atoms with Crippen LogP contribution in [0.1, 0.15) is 64.3 Å². The lowest BCUT2D eigenvalue weighted by atomic mass is 9.90. The average Bonchev–Trinajstić information content (AvgIpc) is 3.44. The minimum absolute atomic E-state index is 0.0239. The van der Waals surface area contributed by atoms with Crippen molar-refractivity contribution in [2.75, 3.05) is 5.32 Å². The monoisotopic (exact) mass is 498 g/mol. The Kier molecular flexibility index (Phi) is 7.20. The highest BCUT2D eigenvalue weighted by molar-refractivity contribution is 6.30. The first kappa shape index (κ1) is 25.2. The molecule has 3 atom stereocenters. The summed E-state index contributed by atoms with van der Waals surface area (Å²) >= 11 is 5.93. The second kappa shape index (κ2) is 9.99. The maximum absolute atomic E-state index is 14.3. The number of nitrogens with one attached hydrogen (secondary N) is 2. The quantitative estimate of drug-likeness (QED) is 0.434. The van der Waals surface area contributed by atoms with Gasteiger partial charge in [-0.25, -0.2) is 4.39 Å². The van der Waals surface area contributed by atoms with Crippen molar-refractivity contribution in [1.82, 2.24) is 15.1 Å². The summed E-state index contributed by atoms with van der Waals surface area (Å²) in [6.45, 7) is 10.1. The second-order valence-corrected chi connectivity index (χ2v) is 10.6. The fraction of sp³-hybridized carbons (Fsp3) is 0.407. The third-order valence-corrected chi connectivity index (χ3v) is 6.38. The SMILES string of the molecule is CC(C)Oc1ccccc1NC(=O)[C@@H]1CC(c2ccn(C(C)(C)C)n2)[C@H](c2ccc(Cl)c(F)c2)N1. The predicted molar refractivity (Wildman–Crippen MR) is 136 cm³/mol. The predicted octanol–water partition coefficient (Wildman–Crippen LogP) is 6.04. The molecule has 2 N–H and O–H groups in total. The number of nitrogens with zero attached hydrogens (tertiary/aromatic N) is 2. The highest BCUT2D eigenvalue weighted by Crippen LogP contribution is 2.41. The van der Waals surface area contributed by atoms with Gasteiger partial charge in [0.05, 0.1) is 34.1 Å². The fourth-order valence-corrected chi connectivity index (χ4v) is 4.47. The first-order valence-electron chi connectivity index (χ1n) is 11.9. The van der Waals surface area contributed by atoms with Crippen LogP contribution in [0.4, 0.5) is 10.1 Å². The lowest BCUT2D eigenvalue weighted by molar-refractivity contribution is -0.117. The zero-order valence-corrected chi connectivity index (χ0v) is 21.4. The van der Waals surface area contributed by atoms with Gasteiger partial charge in [-0.05, 0) is 76.9 Å². The van der Waals surface area contributed by atoms with Gasteiger partial charge in [0.1, 0.15) is 11.6 Å². The Bertz CT molecular complexity index is 1200. The second-order valence-electron chi connectivity index (χ2n) is 10.2. The standard InChI is InChI=1S/C27H32ClFN4O2/c1-16(2)35-24-9-7-6-8-22(24)31-26(34)23-15-18(21-12-13-33(32-21)27(3,4)5)25(30-23)17-10-11-19(28)20(29)14-17/h6-14,16,18,23,25,30H,15H2,1-5H3,(H,31,34)/t18?,23-,25-/m0/s1.